The van der Waals surface area contributed by atoms with Gasteiger partial charge in [-0.25, -0.2) is 9.18 Å². The van der Waals surface area contributed by atoms with Crippen molar-refractivity contribution in [3.05, 3.63) is 81.9 Å². The van der Waals surface area contributed by atoms with Crippen LogP contribution in [0.1, 0.15) is 45.4 Å². The summed E-state index contributed by atoms with van der Waals surface area (Å²) in [5.74, 6) is -1.33. The molecule has 3 rings (SSSR count). The molecule has 0 aliphatic rings. The Hall–Kier alpha value is -3.90. The van der Waals surface area contributed by atoms with Crippen molar-refractivity contribution in [3.63, 3.8) is 0 Å². The lowest BCUT2D eigenvalue weighted by atomic mass is 10.0. The lowest BCUT2D eigenvalue weighted by Gasteiger charge is -2.12. The summed E-state index contributed by atoms with van der Waals surface area (Å²) in [6.45, 7) is 5.97. The summed E-state index contributed by atoms with van der Waals surface area (Å²) < 4.78 is 21.0. The second-order valence-corrected chi connectivity index (χ2v) is 6.84. The largest absolute Gasteiger partial charge is 0.462 e. The Bertz CT molecular complexity index is 1200. The predicted molar refractivity (Wildman–Crippen MR) is 110 cm³/mol. The average molecular weight is 401 g/mol. The zero-order valence-corrected chi connectivity index (χ0v) is 17.0. The Labute approximate surface area is 174 Å². The topological polar surface area (TPSA) is 78.8 Å². The van der Waals surface area contributed by atoms with Crippen LogP contribution in [0.15, 0.2) is 42.5 Å². The fraction of sp³-hybridized carbons (Fsp3) is 0.208. The van der Waals surface area contributed by atoms with Gasteiger partial charge in [0.2, 0.25) is 0 Å². The summed E-state index contributed by atoms with van der Waals surface area (Å²) in [7, 11) is 0. The summed E-state index contributed by atoms with van der Waals surface area (Å²) in [4.78, 5) is 12.0. The van der Waals surface area contributed by atoms with Crippen molar-refractivity contribution in [2.75, 3.05) is 6.61 Å². The van der Waals surface area contributed by atoms with E-state index >= 15 is 0 Å². The lowest BCUT2D eigenvalue weighted by Crippen LogP contribution is -2.10. The van der Waals surface area contributed by atoms with Crippen LogP contribution in [0.25, 0.3) is 11.1 Å². The van der Waals surface area contributed by atoms with Gasteiger partial charge in [0.1, 0.15) is 11.9 Å². The predicted octanol–water partition coefficient (Wildman–Crippen LogP) is 4.88. The summed E-state index contributed by atoms with van der Waals surface area (Å²) in [5.41, 5.74) is 4.99. The standard InChI is InChI=1S/C24H20FN3O2/c1-4-30-24(29)20-11-18(7-10-22(20)25)14-28-15(2)21(13-27)23(16(28)3)19-8-5-17(12-26)6-9-19/h5-11H,4,14H2,1-3H3. The smallest absolute Gasteiger partial charge is 0.341 e. The minimum Gasteiger partial charge on any atom is -0.462 e. The van der Waals surface area contributed by atoms with Crippen LogP contribution in [0.2, 0.25) is 0 Å². The molecule has 150 valence electrons. The van der Waals surface area contributed by atoms with Gasteiger partial charge < -0.3 is 9.30 Å². The second kappa shape index (κ2) is 8.63. The molecule has 1 heterocycles. The molecule has 2 aromatic carbocycles. The number of ether oxygens (including phenoxy) is 1. The molecule has 0 saturated carbocycles. The van der Waals surface area contributed by atoms with Crippen LogP contribution >= 0.6 is 0 Å². The van der Waals surface area contributed by atoms with E-state index in [-0.39, 0.29) is 12.2 Å². The Morgan fingerprint density at radius 2 is 1.77 bits per heavy atom. The Kier molecular flexibility index (Phi) is 5.99. The Balaban J connectivity index is 2.05. The van der Waals surface area contributed by atoms with Crippen molar-refractivity contribution in [1.29, 1.82) is 10.5 Å². The van der Waals surface area contributed by atoms with E-state index < -0.39 is 11.8 Å². The highest BCUT2D eigenvalue weighted by Crippen LogP contribution is 2.32. The van der Waals surface area contributed by atoms with Crippen LogP contribution in [0.3, 0.4) is 0 Å². The van der Waals surface area contributed by atoms with Gasteiger partial charge in [0.15, 0.2) is 0 Å². The fourth-order valence-electron chi connectivity index (χ4n) is 3.54. The number of carbonyl (C=O) groups is 1. The molecule has 0 saturated heterocycles. The molecule has 0 spiro atoms. The van der Waals surface area contributed by atoms with E-state index in [2.05, 4.69) is 12.1 Å². The monoisotopic (exact) mass is 401 g/mol. The van der Waals surface area contributed by atoms with Crippen LogP contribution in [-0.2, 0) is 11.3 Å². The SMILES string of the molecule is CCOC(=O)c1cc(Cn2c(C)c(C#N)c(-c3ccc(C#N)cc3)c2C)ccc1F. The maximum absolute atomic E-state index is 14.1. The zero-order chi connectivity index (χ0) is 21.8. The highest BCUT2D eigenvalue weighted by Gasteiger charge is 2.20. The van der Waals surface area contributed by atoms with Gasteiger partial charge in [-0.2, -0.15) is 10.5 Å². The molecule has 0 bridgehead atoms. The van der Waals surface area contributed by atoms with E-state index in [4.69, 9.17) is 10.00 Å². The van der Waals surface area contributed by atoms with Gasteiger partial charge >= 0.3 is 5.97 Å². The van der Waals surface area contributed by atoms with Gasteiger partial charge in [0.25, 0.3) is 0 Å². The van der Waals surface area contributed by atoms with Crippen LogP contribution in [-0.4, -0.2) is 17.1 Å². The number of carbonyl (C=O) groups excluding carboxylic acids is 1. The van der Waals surface area contributed by atoms with Crippen molar-refractivity contribution in [1.82, 2.24) is 4.57 Å². The number of benzene rings is 2. The van der Waals surface area contributed by atoms with Crippen molar-refractivity contribution in [2.24, 2.45) is 0 Å². The van der Waals surface area contributed by atoms with Gasteiger partial charge in [-0.1, -0.05) is 18.2 Å². The number of hydrogen-bond acceptors (Lipinski definition) is 4. The molecule has 30 heavy (non-hydrogen) atoms. The first kappa shape index (κ1) is 20.8. The van der Waals surface area contributed by atoms with Crippen LogP contribution in [0.4, 0.5) is 4.39 Å². The molecule has 5 nitrogen and oxygen atoms in total. The third kappa shape index (κ3) is 3.81. The highest BCUT2D eigenvalue weighted by atomic mass is 19.1. The average Bonchev–Trinajstić information content (AvgIpc) is 2.99. The number of nitrogens with zero attached hydrogens (tertiary/aromatic N) is 3. The van der Waals surface area contributed by atoms with Gasteiger partial charge in [0.05, 0.1) is 29.4 Å². The first-order valence-corrected chi connectivity index (χ1v) is 9.47. The minimum absolute atomic E-state index is 0.107. The molecule has 0 unspecified atom stereocenters. The first-order chi connectivity index (χ1) is 14.4. The van der Waals surface area contributed by atoms with Gasteiger partial charge in [-0.05, 0) is 56.2 Å². The maximum atomic E-state index is 14.1. The van der Waals surface area contributed by atoms with Crippen molar-refractivity contribution < 1.29 is 13.9 Å². The van der Waals surface area contributed by atoms with Gasteiger partial charge in [-0.15, -0.1) is 0 Å². The highest BCUT2D eigenvalue weighted by molar-refractivity contribution is 5.90. The van der Waals surface area contributed by atoms with Crippen molar-refractivity contribution >= 4 is 5.97 Å². The summed E-state index contributed by atoms with van der Waals surface area (Å²) in [6, 6.07) is 15.8. The van der Waals surface area contributed by atoms with Crippen molar-refractivity contribution in [3.8, 4) is 23.3 Å². The van der Waals surface area contributed by atoms with Crippen LogP contribution < -0.4 is 0 Å². The van der Waals surface area contributed by atoms with E-state index in [1.54, 1.807) is 25.1 Å². The molecule has 6 heteroatoms. The Morgan fingerprint density at radius 1 is 1.07 bits per heavy atom. The molecule has 1 aromatic heterocycles. The van der Waals surface area contributed by atoms with Gasteiger partial charge in [-0.3, -0.25) is 0 Å². The molecule has 0 fully saturated rings. The number of esters is 1. The number of nitriles is 2. The molecule has 0 aliphatic carbocycles. The number of rotatable bonds is 5. The van der Waals surface area contributed by atoms with E-state index in [1.807, 2.05) is 30.5 Å². The summed E-state index contributed by atoms with van der Waals surface area (Å²) in [5, 5.41) is 18.8. The molecule has 0 aliphatic heterocycles. The number of aromatic nitrogens is 1. The first-order valence-electron chi connectivity index (χ1n) is 9.47. The van der Waals surface area contributed by atoms with E-state index in [9.17, 15) is 14.4 Å². The van der Waals surface area contributed by atoms with E-state index in [0.717, 1.165) is 28.1 Å². The normalized spacial score (nSPS) is 10.3. The van der Waals surface area contributed by atoms with E-state index in [1.165, 1.54) is 12.1 Å². The molecule has 0 radical (unpaired) electrons. The molecule has 0 N–H and O–H groups in total. The Morgan fingerprint density at radius 3 is 2.37 bits per heavy atom. The van der Waals surface area contributed by atoms with E-state index in [0.29, 0.717) is 17.7 Å². The summed E-state index contributed by atoms with van der Waals surface area (Å²) in [6.07, 6.45) is 0. The molecule has 0 atom stereocenters. The lowest BCUT2D eigenvalue weighted by molar-refractivity contribution is 0.0521. The summed E-state index contributed by atoms with van der Waals surface area (Å²) >= 11 is 0. The zero-order valence-electron chi connectivity index (χ0n) is 17.0. The van der Waals surface area contributed by atoms with Crippen LogP contribution in [0.5, 0.6) is 0 Å². The molecule has 3 aromatic rings. The molecular weight excluding hydrogens is 381 g/mol. The second-order valence-electron chi connectivity index (χ2n) is 6.84. The molecule has 0 amide bonds. The third-order valence-corrected chi connectivity index (χ3v) is 5.06. The third-order valence-electron chi connectivity index (χ3n) is 5.06. The van der Waals surface area contributed by atoms with Crippen LogP contribution in [0, 0.1) is 42.3 Å². The molecular formula is C24H20FN3O2. The number of halogens is 1. The quantitative estimate of drug-likeness (QED) is 0.571. The fourth-order valence-corrected chi connectivity index (χ4v) is 3.54. The van der Waals surface area contributed by atoms with Gasteiger partial charge in [0, 0.05) is 23.5 Å². The number of hydrogen-bond donors (Lipinski definition) is 0. The minimum atomic E-state index is -0.700. The maximum Gasteiger partial charge on any atom is 0.341 e. The van der Waals surface area contributed by atoms with Crippen molar-refractivity contribution in [2.45, 2.75) is 27.3 Å².